The van der Waals surface area contributed by atoms with Crippen molar-refractivity contribution in [1.82, 2.24) is 0 Å². The monoisotopic (exact) mass is 372 g/mol. The minimum atomic E-state index is -1.55. The molecule has 0 saturated heterocycles. The Morgan fingerprint density at radius 1 is 1.43 bits per heavy atom. The van der Waals surface area contributed by atoms with Gasteiger partial charge in [0.05, 0.1) is 0 Å². The summed E-state index contributed by atoms with van der Waals surface area (Å²) in [6.45, 7) is 2.06. The van der Waals surface area contributed by atoms with Gasteiger partial charge in [0.1, 0.15) is 0 Å². The summed E-state index contributed by atoms with van der Waals surface area (Å²) in [5, 5.41) is 0. The van der Waals surface area contributed by atoms with Crippen LogP contribution in [0.15, 0.2) is 0 Å². The zero-order chi connectivity index (χ0) is 11.2. The fourth-order valence-corrected chi connectivity index (χ4v) is 1.18. The number of halogens is 4. The molecule has 2 nitrogen and oxygen atoms in total. The quantitative estimate of drug-likeness (QED) is 0.312. The third kappa shape index (κ3) is 7.37. The van der Waals surface area contributed by atoms with E-state index in [-0.39, 0.29) is 5.97 Å². The van der Waals surface area contributed by atoms with Gasteiger partial charge in [-0.1, -0.05) is 54.6 Å². The first kappa shape index (κ1) is 15.1. The molecule has 0 N–H and O–H groups in total. The van der Waals surface area contributed by atoms with E-state index in [2.05, 4.69) is 6.92 Å². The number of hydrogen-bond acceptors (Lipinski definition) is 2. The number of alkyl halides is 4. The number of carbonyl (C=O) groups excluding carboxylic acids is 1. The molecule has 0 aromatic rings. The smallest absolute Gasteiger partial charge is 0.306 e. The summed E-state index contributed by atoms with van der Waals surface area (Å²) in [6.07, 6.45) is 3.27. The Morgan fingerprint density at radius 3 is 2.43 bits per heavy atom. The number of unbranched alkanes of at least 4 members (excludes halogenated alkanes) is 2. The minimum absolute atomic E-state index is 0.316. The highest BCUT2D eigenvalue weighted by Crippen LogP contribution is 2.36. The Balaban J connectivity index is 3.72. The van der Waals surface area contributed by atoms with Crippen LogP contribution in [0.1, 0.15) is 32.6 Å². The van der Waals surface area contributed by atoms with Crippen LogP contribution < -0.4 is 0 Å². The van der Waals surface area contributed by atoms with Gasteiger partial charge < -0.3 is 4.74 Å². The first-order chi connectivity index (χ1) is 6.38. The van der Waals surface area contributed by atoms with Gasteiger partial charge in [0.15, 0.2) is 4.11 Å². The number of hydrogen-bond donors (Lipinski definition) is 0. The third-order valence-corrected chi connectivity index (χ3v) is 4.36. The molecule has 84 valence electrons. The van der Waals surface area contributed by atoms with E-state index in [4.69, 9.17) is 39.5 Å². The van der Waals surface area contributed by atoms with Crippen molar-refractivity contribution in [3.05, 3.63) is 0 Å². The number of esters is 1. The molecule has 0 spiro atoms. The van der Waals surface area contributed by atoms with Crippen molar-refractivity contribution >= 4 is 63.4 Å². The maximum Gasteiger partial charge on any atom is 0.306 e. The van der Waals surface area contributed by atoms with Crippen molar-refractivity contribution in [1.29, 1.82) is 0 Å². The van der Waals surface area contributed by atoms with Crippen molar-refractivity contribution in [3.63, 3.8) is 0 Å². The summed E-state index contributed by atoms with van der Waals surface area (Å²) in [4.78, 5) is 11.2. The zero-order valence-corrected chi connectivity index (χ0v) is 12.2. The van der Waals surface area contributed by atoms with Crippen LogP contribution in [0.25, 0.3) is 0 Å². The largest absolute Gasteiger partial charge is 0.447 e. The van der Waals surface area contributed by atoms with Gasteiger partial charge in [-0.3, -0.25) is 4.79 Å². The number of ether oxygens (including phenoxy) is 1. The first-order valence-electron chi connectivity index (χ1n) is 4.28. The lowest BCUT2D eigenvalue weighted by molar-refractivity contribution is -0.144. The van der Waals surface area contributed by atoms with E-state index >= 15 is 0 Å². The van der Waals surface area contributed by atoms with Gasteiger partial charge in [-0.2, -0.15) is 0 Å². The summed E-state index contributed by atoms with van der Waals surface area (Å²) in [7, 11) is 0. The molecule has 0 fully saturated rings. The van der Waals surface area contributed by atoms with Crippen LogP contribution in [-0.4, -0.2) is 13.9 Å². The highest BCUT2D eigenvalue weighted by molar-refractivity contribution is 14.1. The molecule has 1 atom stereocenters. The summed E-state index contributed by atoms with van der Waals surface area (Å²) in [5.74, 6) is -0.316. The van der Waals surface area contributed by atoms with E-state index in [1.165, 1.54) is 0 Å². The molecule has 0 aliphatic heterocycles. The average molecular weight is 373 g/mol. The van der Waals surface area contributed by atoms with Crippen molar-refractivity contribution in [2.75, 3.05) is 0 Å². The molecular formula is C8H12Cl3IO2. The topological polar surface area (TPSA) is 26.3 Å². The molecule has 0 aliphatic carbocycles. The molecule has 0 aromatic carbocycles. The summed E-state index contributed by atoms with van der Waals surface area (Å²) >= 11 is 18.4. The van der Waals surface area contributed by atoms with Gasteiger partial charge in [-0.05, 0) is 29.0 Å². The molecular weight excluding hydrogens is 361 g/mol. The average Bonchev–Trinajstić information content (AvgIpc) is 2.03. The molecule has 0 rings (SSSR count). The van der Waals surface area contributed by atoms with Crippen molar-refractivity contribution in [2.45, 2.75) is 40.5 Å². The van der Waals surface area contributed by atoms with Crippen molar-refractivity contribution in [3.8, 4) is 0 Å². The van der Waals surface area contributed by atoms with Crippen LogP contribution in [0.5, 0.6) is 0 Å². The fraction of sp³-hybridized carbons (Fsp3) is 0.875. The molecule has 14 heavy (non-hydrogen) atoms. The molecule has 6 heteroatoms. The molecule has 1 unspecified atom stereocenters. The van der Waals surface area contributed by atoms with Crippen LogP contribution in [-0.2, 0) is 9.53 Å². The number of carbonyl (C=O) groups is 1. The Bertz CT molecular complexity index is 182. The van der Waals surface area contributed by atoms with Crippen LogP contribution in [0.3, 0.4) is 0 Å². The van der Waals surface area contributed by atoms with E-state index in [0.29, 0.717) is 6.42 Å². The van der Waals surface area contributed by atoms with Gasteiger partial charge in [-0.25, -0.2) is 0 Å². The lowest BCUT2D eigenvalue weighted by Crippen LogP contribution is -2.25. The SMILES string of the molecule is CCCCCC(=O)OC(I)C(Cl)(Cl)Cl. The van der Waals surface area contributed by atoms with Crippen LogP contribution >= 0.6 is 57.4 Å². The Labute approximate surface area is 113 Å². The van der Waals surface area contributed by atoms with Crippen molar-refractivity contribution in [2.24, 2.45) is 0 Å². The van der Waals surface area contributed by atoms with E-state index in [1.54, 1.807) is 22.6 Å². The molecule has 0 amide bonds. The van der Waals surface area contributed by atoms with E-state index in [1.807, 2.05) is 0 Å². The minimum Gasteiger partial charge on any atom is -0.447 e. The van der Waals surface area contributed by atoms with Gasteiger partial charge in [-0.15, -0.1) is 0 Å². The normalized spacial score (nSPS) is 13.8. The predicted molar refractivity (Wildman–Crippen MR) is 68.3 cm³/mol. The van der Waals surface area contributed by atoms with Gasteiger partial charge >= 0.3 is 5.97 Å². The van der Waals surface area contributed by atoms with Crippen LogP contribution in [0.4, 0.5) is 0 Å². The highest BCUT2D eigenvalue weighted by atomic mass is 127. The second-order valence-corrected chi connectivity index (χ2v) is 6.30. The summed E-state index contributed by atoms with van der Waals surface area (Å²) in [5.41, 5.74) is 0. The van der Waals surface area contributed by atoms with E-state index in [0.717, 1.165) is 19.3 Å². The zero-order valence-electron chi connectivity index (χ0n) is 7.73. The molecule has 0 aromatic heterocycles. The lowest BCUT2D eigenvalue weighted by atomic mass is 10.2. The standard InChI is InChI=1S/C8H12Cl3IO2/c1-2-3-4-5-6(13)14-7(12)8(9,10)11/h7H,2-5H2,1H3. The Kier molecular flexibility index (Phi) is 7.92. The van der Waals surface area contributed by atoms with E-state index in [9.17, 15) is 4.79 Å². The highest BCUT2D eigenvalue weighted by Gasteiger charge is 2.33. The van der Waals surface area contributed by atoms with E-state index < -0.39 is 7.90 Å². The maximum atomic E-state index is 11.2. The molecule has 0 saturated carbocycles. The van der Waals surface area contributed by atoms with Gasteiger partial charge in [0.2, 0.25) is 3.79 Å². The molecule has 0 bridgehead atoms. The molecule has 0 heterocycles. The van der Waals surface area contributed by atoms with Crippen LogP contribution in [0, 0.1) is 0 Å². The second kappa shape index (κ2) is 7.36. The molecule has 0 aliphatic rings. The molecule has 0 radical (unpaired) electrons. The third-order valence-electron chi connectivity index (χ3n) is 1.48. The summed E-state index contributed by atoms with van der Waals surface area (Å²) in [6, 6.07) is 0. The van der Waals surface area contributed by atoms with Crippen molar-refractivity contribution < 1.29 is 9.53 Å². The fourth-order valence-electron chi connectivity index (χ4n) is 0.760. The lowest BCUT2D eigenvalue weighted by Gasteiger charge is -2.18. The van der Waals surface area contributed by atoms with Gasteiger partial charge in [0.25, 0.3) is 0 Å². The van der Waals surface area contributed by atoms with Crippen LogP contribution in [0.2, 0.25) is 0 Å². The van der Waals surface area contributed by atoms with Gasteiger partial charge in [0, 0.05) is 6.42 Å². The predicted octanol–water partition coefficient (Wildman–Crippen LogP) is 4.24. The Morgan fingerprint density at radius 2 is 2.00 bits per heavy atom. The second-order valence-electron chi connectivity index (χ2n) is 2.80. The summed E-state index contributed by atoms with van der Waals surface area (Å²) < 4.78 is 2.62. The first-order valence-corrected chi connectivity index (χ1v) is 6.66. The Hall–Kier alpha value is 1.07. The number of rotatable bonds is 5. The maximum absolute atomic E-state index is 11.2.